The van der Waals surface area contributed by atoms with Gasteiger partial charge in [0.15, 0.2) is 0 Å². The maximum atomic E-state index is 13.7. The van der Waals surface area contributed by atoms with Gasteiger partial charge in [-0.2, -0.15) is 4.31 Å². The average Bonchev–Trinajstić information content (AvgIpc) is 3.02. The summed E-state index contributed by atoms with van der Waals surface area (Å²) >= 11 is -2.18. The number of urea groups is 1. The topological polar surface area (TPSA) is 144 Å². The summed E-state index contributed by atoms with van der Waals surface area (Å²) in [7, 11) is 0. The molecule has 0 spiro atoms. The van der Waals surface area contributed by atoms with Gasteiger partial charge in [-0.25, -0.2) is 9.00 Å². The molecule has 0 aliphatic carbocycles. The van der Waals surface area contributed by atoms with Crippen LogP contribution in [0.1, 0.15) is 55.7 Å². The van der Waals surface area contributed by atoms with Crippen LogP contribution in [-0.2, 0) is 22.6 Å². The van der Waals surface area contributed by atoms with E-state index in [4.69, 9.17) is 0 Å². The standard InChI is InChI=1S/C32H43N5O5S/c1-24(2)22-37(43(41)42)28(23-38)15-9-10-18-34-31(39)30(36-32(40)35-21-25-16-19-33-20-17-25)29(26-11-5-3-6-12-26)27-13-7-4-8-14-27/h3-8,11-14,16-17,19-20,24,28-30,38H,9-10,15,18,21-23H2,1-2H3,(H,34,39)(H,41,42)(H2,35,36,40). The lowest BCUT2D eigenvalue weighted by molar-refractivity contribution is -0.123. The highest BCUT2D eigenvalue weighted by molar-refractivity contribution is 7.76. The van der Waals surface area contributed by atoms with Gasteiger partial charge in [-0.1, -0.05) is 80.9 Å². The third-order valence-corrected chi connectivity index (χ3v) is 7.90. The zero-order valence-corrected chi connectivity index (χ0v) is 25.6. The van der Waals surface area contributed by atoms with E-state index in [0.29, 0.717) is 32.4 Å². The van der Waals surface area contributed by atoms with Gasteiger partial charge in [-0.3, -0.25) is 14.3 Å². The number of unbranched alkanes of at least 4 members (excludes halogenated alkanes) is 1. The van der Waals surface area contributed by atoms with Gasteiger partial charge < -0.3 is 21.1 Å². The number of nitrogens with zero attached hydrogens (tertiary/aromatic N) is 2. The van der Waals surface area contributed by atoms with Crippen molar-refractivity contribution in [2.75, 3.05) is 19.7 Å². The van der Waals surface area contributed by atoms with E-state index in [1.165, 1.54) is 4.31 Å². The second-order valence-electron chi connectivity index (χ2n) is 10.8. The molecule has 5 N–H and O–H groups in total. The summed E-state index contributed by atoms with van der Waals surface area (Å²) in [6.07, 6.45) is 5.03. The monoisotopic (exact) mass is 609 g/mol. The van der Waals surface area contributed by atoms with Gasteiger partial charge in [0.1, 0.15) is 6.04 Å². The third kappa shape index (κ3) is 11.2. The lowest BCUT2D eigenvalue weighted by Crippen LogP contribution is -2.53. The van der Waals surface area contributed by atoms with Crippen molar-refractivity contribution in [1.82, 2.24) is 25.2 Å². The van der Waals surface area contributed by atoms with E-state index in [9.17, 15) is 23.5 Å². The number of carbonyl (C=O) groups is 2. The fourth-order valence-corrected chi connectivity index (χ4v) is 5.78. The minimum atomic E-state index is -2.18. The van der Waals surface area contributed by atoms with Crippen molar-refractivity contribution in [3.8, 4) is 0 Å². The molecule has 0 saturated heterocycles. The van der Waals surface area contributed by atoms with Crippen LogP contribution in [0.25, 0.3) is 0 Å². The summed E-state index contributed by atoms with van der Waals surface area (Å²) in [5.74, 6) is -0.608. The fourth-order valence-electron chi connectivity index (χ4n) is 4.93. The maximum Gasteiger partial charge on any atom is 0.315 e. The Morgan fingerprint density at radius 1 is 0.907 bits per heavy atom. The van der Waals surface area contributed by atoms with E-state index < -0.39 is 35.3 Å². The number of rotatable bonds is 17. The van der Waals surface area contributed by atoms with Gasteiger partial charge in [0.05, 0.1) is 6.61 Å². The number of nitrogens with one attached hydrogen (secondary N) is 3. The normalized spacial score (nSPS) is 13.5. The Labute approximate surface area is 256 Å². The molecule has 2 aromatic carbocycles. The van der Waals surface area contributed by atoms with Gasteiger partial charge in [0.2, 0.25) is 17.2 Å². The van der Waals surface area contributed by atoms with Crippen molar-refractivity contribution >= 4 is 23.2 Å². The highest BCUT2D eigenvalue weighted by Gasteiger charge is 2.32. The molecule has 3 amide bonds. The van der Waals surface area contributed by atoms with Crippen LogP contribution in [-0.4, -0.2) is 66.9 Å². The van der Waals surface area contributed by atoms with E-state index in [0.717, 1.165) is 16.7 Å². The highest BCUT2D eigenvalue weighted by atomic mass is 32.2. The maximum absolute atomic E-state index is 13.7. The summed E-state index contributed by atoms with van der Waals surface area (Å²) < 4.78 is 22.9. The van der Waals surface area contributed by atoms with Crippen LogP contribution >= 0.6 is 0 Å². The lowest BCUT2D eigenvalue weighted by Gasteiger charge is -2.29. The second-order valence-corrected chi connectivity index (χ2v) is 11.7. The summed E-state index contributed by atoms with van der Waals surface area (Å²) in [6, 6.07) is 21.0. The van der Waals surface area contributed by atoms with Crippen molar-refractivity contribution in [3.63, 3.8) is 0 Å². The van der Waals surface area contributed by atoms with Gasteiger partial charge in [-0.05, 0) is 47.6 Å². The highest BCUT2D eigenvalue weighted by Crippen LogP contribution is 2.28. The molecule has 1 heterocycles. The van der Waals surface area contributed by atoms with Crippen LogP contribution in [0.3, 0.4) is 0 Å². The van der Waals surface area contributed by atoms with Crippen molar-refractivity contribution in [3.05, 3.63) is 102 Å². The molecule has 3 rings (SSSR count). The number of amides is 3. The number of aliphatic hydroxyl groups is 1. The number of aliphatic hydroxyl groups excluding tert-OH is 1. The van der Waals surface area contributed by atoms with Crippen LogP contribution in [0.15, 0.2) is 85.2 Å². The van der Waals surface area contributed by atoms with E-state index in [1.54, 1.807) is 12.4 Å². The Morgan fingerprint density at radius 2 is 1.51 bits per heavy atom. The van der Waals surface area contributed by atoms with Crippen LogP contribution < -0.4 is 16.0 Å². The Balaban J connectivity index is 1.71. The van der Waals surface area contributed by atoms with E-state index >= 15 is 0 Å². The van der Waals surface area contributed by atoms with Crippen LogP contribution in [0.5, 0.6) is 0 Å². The SMILES string of the molecule is CC(C)CN(C(CO)CCCCNC(=O)C(NC(=O)NCc1ccncc1)C(c1ccccc1)c1ccccc1)S(=O)O. The Bertz CT molecular complexity index is 1230. The number of benzene rings is 2. The number of carbonyl (C=O) groups excluding carboxylic acids is 2. The van der Waals surface area contributed by atoms with E-state index in [2.05, 4.69) is 20.9 Å². The molecule has 1 aromatic heterocycles. The van der Waals surface area contributed by atoms with Crippen molar-refractivity contribution in [1.29, 1.82) is 0 Å². The number of pyridine rings is 1. The lowest BCUT2D eigenvalue weighted by atomic mass is 9.84. The Kier molecular flexibility index (Phi) is 14.3. The Morgan fingerprint density at radius 3 is 2.05 bits per heavy atom. The van der Waals surface area contributed by atoms with Gasteiger partial charge in [0.25, 0.3) is 0 Å². The number of hydrogen-bond acceptors (Lipinski definition) is 5. The molecule has 232 valence electrons. The smallest absolute Gasteiger partial charge is 0.315 e. The predicted octanol–water partition coefficient (Wildman–Crippen LogP) is 3.82. The van der Waals surface area contributed by atoms with E-state index in [1.807, 2.05) is 86.6 Å². The third-order valence-electron chi connectivity index (χ3n) is 7.05. The minimum Gasteiger partial charge on any atom is -0.395 e. The fraction of sp³-hybridized carbons (Fsp3) is 0.406. The molecule has 0 aliphatic rings. The van der Waals surface area contributed by atoms with Gasteiger partial charge >= 0.3 is 6.03 Å². The molecule has 0 bridgehead atoms. The van der Waals surface area contributed by atoms with Crippen LogP contribution in [0, 0.1) is 5.92 Å². The van der Waals surface area contributed by atoms with Gasteiger partial charge in [-0.15, -0.1) is 0 Å². The first-order valence-electron chi connectivity index (χ1n) is 14.6. The Hall–Kier alpha value is -3.64. The van der Waals surface area contributed by atoms with Crippen LogP contribution in [0.2, 0.25) is 0 Å². The molecular formula is C32H43N5O5S. The summed E-state index contributed by atoms with van der Waals surface area (Å²) in [5.41, 5.74) is 2.65. The molecule has 3 atom stereocenters. The molecular weight excluding hydrogens is 566 g/mol. The second kappa shape index (κ2) is 18.1. The molecule has 0 saturated carbocycles. The van der Waals surface area contributed by atoms with Gasteiger partial charge in [0, 0.05) is 44.0 Å². The van der Waals surface area contributed by atoms with Crippen LogP contribution in [0.4, 0.5) is 4.79 Å². The first kappa shape index (κ1) is 33.9. The molecule has 3 unspecified atom stereocenters. The molecule has 0 fully saturated rings. The van der Waals surface area contributed by atoms with Crippen molar-refractivity contribution < 1.29 is 23.5 Å². The predicted molar refractivity (Wildman–Crippen MR) is 168 cm³/mol. The van der Waals surface area contributed by atoms with Crippen molar-refractivity contribution in [2.24, 2.45) is 5.92 Å². The molecule has 3 aromatic rings. The summed E-state index contributed by atoms with van der Waals surface area (Å²) in [4.78, 5) is 30.8. The molecule has 0 aliphatic heterocycles. The zero-order valence-electron chi connectivity index (χ0n) is 24.8. The first-order chi connectivity index (χ1) is 20.8. The molecule has 11 heteroatoms. The van der Waals surface area contributed by atoms with E-state index in [-0.39, 0.29) is 25.0 Å². The molecule has 10 nitrogen and oxygen atoms in total. The number of aromatic nitrogens is 1. The first-order valence-corrected chi connectivity index (χ1v) is 15.7. The quantitative estimate of drug-likeness (QED) is 0.116. The average molecular weight is 610 g/mol. The largest absolute Gasteiger partial charge is 0.395 e. The molecule has 43 heavy (non-hydrogen) atoms. The number of hydrogen-bond donors (Lipinski definition) is 5. The summed E-state index contributed by atoms with van der Waals surface area (Å²) in [6.45, 7) is 4.68. The zero-order chi connectivity index (χ0) is 31.0. The molecule has 0 radical (unpaired) electrons. The minimum absolute atomic E-state index is 0.165. The summed E-state index contributed by atoms with van der Waals surface area (Å²) in [5, 5.41) is 18.6. The van der Waals surface area contributed by atoms with Crippen molar-refractivity contribution in [2.45, 2.75) is 57.7 Å².